The lowest BCUT2D eigenvalue weighted by atomic mass is 9.97. The van der Waals surface area contributed by atoms with Crippen molar-refractivity contribution in [1.29, 1.82) is 5.26 Å². The summed E-state index contributed by atoms with van der Waals surface area (Å²) in [6.45, 7) is 0. The van der Waals surface area contributed by atoms with Crippen LogP contribution >= 0.6 is 11.6 Å². The molecule has 102 valence electrons. The predicted molar refractivity (Wildman–Crippen MR) is 83.5 cm³/mol. The zero-order valence-electron chi connectivity index (χ0n) is 11.3. The molecule has 0 saturated carbocycles. The lowest BCUT2D eigenvalue weighted by Gasteiger charge is -2.11. The molecule has 0 aliphatic rings. The molecular weight excluding hydrogens is 284 g/mol. The highest BCUT2D eigenvalue weighted by molar-refractivity contribution is 6.31. The monoisotopic (exact) mass is 294 g/mol. The minimum absolute atomic E-state index is 0.206. The smallest absolute Gasteiger partial charge is 0.148 e. The van der Waals surface area contributed by atoms with E-state index in [-0.39, 0.29) is 5.15 Å². The number of aromatic nitrogens is 1. The van der Waals surface area contributed by atoms with Crippen molar-refractivity contribution in [2.75, 3.05) is 7.11 Å². The van der Waals surface area contributed by atoms with Gasteiger partial charge in [0.05, 0.1) is 18.2 Å². The van der Waals surface area contributed by atoms with Crippen molar-refractivity contribution in [3.8, 4) is 22.9 Å². The van der Waals surface area contributed by atoms with Crippen LogP contribution in [0, 0.1) is 11.3 Å². The molecule has 0 amide bonds. The van der Waals surface area contributed by atoms with Gasteiger partial charge in [0.2, 0.25) is 0 Å². The van der Waals surface area contributed by atoms with Crippen molar-refractivity contribution in [3.63, 3.8) is 0 Å². The van der Waals surface area contributed by atoms with Gasteiger partial charge in [0.25, 0.3) is 0 Å². The maximum Gasteiger partial charge on any atom is 0.148 e. The minimum atomic E-state index is 0.206. The molecule has 0 radical (unpaired) electrons. The number of benzene rings is 2. The van der Waals surface area contributed by atoms with Crippen LogP contribution < -0.4 is 4.74 Å². The van der Waals surface area contributed by atoms with E-state index in [4.69, 9.17) is 16.3 Å². The maximum absolute atomic E-state index is 9.42. The highest BCUT2D eigenvalue weighted by atomic mass is 35.5. The summed E-state index contributed by atoms with van der Waals surface area (Å²) in [6.07, 6.45) is 0. The van der Waals surface area contributed by atoms with E-state index in [0.717, 1.165) is 16.5 Å². The van der Waals surface area contributed by atoms with E-state index < -0.39 is 0 Å². The number of nitriles is 1. The van der Waals surface area contributed by atoms with Crippen molar-refractivity contribution >= 4 is 22.5 Å². The van der Waals surface area contributed by atoms with Gasteiger partial charge in [-0.3, -0.25) is 0 Å². The van der Waals surface area contributed by atoms with Crippen LogP contribution in [0.4, 0.5) is 0 Å². The number of pyridine rings is 1. The van der Waals surface area contributed by atoms with E-state index in [1.165, 1.54) is 0 Å². The molecule has 0 unspecified atom stereocenters. The van der Waals surface area contributed by atoms with Crippen molar-refractivity contribution in [2.24, 2.45) is 0 Å². The van der Waals surface area contributed by atoms with Gasteiger partial charge in [-0.2, -0.15) is 5.26 Å². The Kier molecular flexibility index (Phi) is 3.47. The Hall–Kier alpha value is -2.57. The molecule has 3 aromatic rings. The van der Waals surface area contributed by atoms with E-state index in [0.29, 0.717) is 16.8 Å². The molecule has 0 spiro atoms. The standard InChI is InChI=1S/C17H11ClN2O/c1-21-12-7-8-13-15(9-12)20-17(18)14(10-19)16(13)11-5-3-2-4-6-11/h2-9H,1H3. The third-order valence-corrected chi connectivity index (χ3v) is 3.60. The minimum Gasteiger partial charge on any atom is -0.497 e. The van der Waals surface area contributed by atoms with E-state index in [9.17, 15) is 5.26 Å². The topological polar surface area (TPSA) is 45.9 Å². The molecule has 21 heavy (non-hydrogen) atoms. The lowest BCUT2D eigenvalue weighted by molar-refractivity contribution is 0.415. The summed E-state index contributed by atoms with van der Waals surface area (Å²) in [4.78, 5) is 4.30. The summed E-state index contributed by atoms with van der Waals surface area (Å²) in [6, 6.07) is 17.4. The van der Waals surface area contributed by atoms with Gasteiger partial charge in [-0.25, -0.2) is 4.98 Å². The molecule has 3 nitrogen and oxygen atoms in total. The third kappa shape index (κ3) is 2.31. The average molecular weight is 295 g/mol. The van der Waals surface area contributed by atoms with Gasteiger partial charge in [-0.05, 0) is 17.7 Å². The molecule has 0 fully saturated rings. The SMILES string of the molecule is COc1ccc2c(-c3ccccc3)c(C#N)c(Cl)nc2c1. The Morgan fingerprint density at radius 3 is 2.57 bits per heavy atom. The van der Waals surface area contributed by atoms with Crippen molar-refractivity contribution in [3.05, 3.63) is 59.2 Å². The summed E-state index contributed by atoms with van der Waals surface area (Å²) < 4.78 is 5.22. The van der Waals surface area contributed by atoms with E-state index in [2.05, 4.69) is 11.1 Å². The van der Waals surface area contributed by atoms with Crippen LogP contribution in [-0.4, -0.2) is 12.1 Å². The number of hydrogen-bond acceptors (Lipinski definition) is 3. The van der Waals surface area contributed by atoms with E-state index in [1.807, 2.05) is 48.5 Å². The number of methoxy groups -OCH3 is 1. The Morgan fingerprint density at radius 1 is 1.14 bits per heavy atom. The first-order valence-electron chi connectivity index (χ1n) is 6.37. The molecule has 3 rings (SSSR count). The van der Waals surface area contributed by atoms with Crippen LogP contribution in [-0.2, 0) is 0 Å². The predicted octanol–water partition coefficient (Wildman–Crippen LogP) is 4.44. The Morgan fingerprint density at radius 2 is 1.90 bits per heavy atom. The van der Waals surface area contributed by atoms with Crippen LogP contribution in [0.1, 0.15) is 5.56 Å². The van der Waals surface area contributed by atoms with Gasteiger partial charge >= 0.3 is 0 Å². The molecule has 4 heteroatoms. The summed E-state index contributed by atoms with van der Waals surface area (Å²) >= 11 is 6.18. The second-order valence-electron chi connectivity index (χ2n) is 4.51. The summed E-state index contributed by atoms with van der Waals surface area (Å²) in [5.74, 6) is 0.704. The fraction of sp³-hybridized carbons (Fsp3) is 0.0588. The number of nitrogens with zero attached hydrogens (tertiary/aromatic N) is 2. The van der Waals surface area contributed by atoms with Crippen molar-refractivity contribution < 1.29 is 4.74 Å². The number of fused-ring (bicyclic) bond motifs is 1. The lowest BCUT2D eigenvalue weighted by Crippen LogP contribution is -1.93. The zero-order valence-corrected chi connectivity index (χ0v) is 12.1. The van der Waals surface area contributed by atoms with Gasteiger partial charge in [-0.15, -0.1) is 0 Å². The Balaban J connectivity index is 2.42. The van der Waals surface area contributed by atoms with Crippen LogP contribution in [0.5, 0.6) is 5.75 Å². The van der Waals surface area contributed by atoms with E-state index >= 15 is 0 Å². The van der Waals surface area contributed by atoms with Crippen LogP contribution in [0.2, 0.25) is 5.15 Å². The molecule has 0 saturated heterocycles. The Labute approximate surface area is 127 Å². The second kappa shape index (κ2) is 5.43. The Bertz CT molecular complexity index is 854. The number of halogens is 1. The molecule has 0 aliphatic heterocycles. The van der Waals surface area contributed by atoms with Gasteiger partial charge in [0, 0.05) is 17.0 Å². The fourth-order valence-electron chi connectivity index (χ4n) is 2.35. The van der Waals surface area contributed by atoms with Gasteiger partial charge in [-0.1, -0.05) is 41.9 Å². The first-order valence-corrected chi connectivity index (χ1v) is 6.75. The molecule has 2 aromatic carbocycles. The number of ether oxygens (including phenoxy) is 1. The molecule has 1 aromatic heterocycles. The second-order valence-corrected chi connectivity index (χ2v) is 4.87. The third-order valence-electron chi connectivity index (χ3n) is 3.32. The molecule has 0 N–H and O–H groups in total. The first-order chi connectivity index (χ1) is 10.2. The normalized spacial score (nSPS) is 10.3. The number of rotatable bonds is 2. The van der Waals surface area contributed by atoms with Gasteiger partial charge < -0.3 is 4.74 Å². The highest BCUT2D eigenvalue weighted by Crippen LogP contribution is 2.35. The van der Waals surface area contributed by atoms with Gasteiger partial charge in [0.1, 0.15) is 17.0 Å². The molecule has 1 heterocycles. The van der Waals surface area contributed by atoms with Crippen LogP contribution in [0.15, 0.2) is 48.5 Å². The number of hydrogen-bond donors (Lipinski definition) is 0. The average Bonchev–Trinajstić information content (AvgIpc) is 2.53. The highest BCUT2D eigenvalue weighted by Gasteiger charge is 2.15. The quantitative estimate of drug-likeness (QED) is 0.657. The molecule has 0 atom stereocenters. The van der Waals surface area contributed by atoms with Crippen LogP contribution in [0.3, 0.4) is 0 Å². The molecule has 0 aliphatic carbocycles. The maximum atomic E-state index is 9.42. The summed E-state index contributed by atoms with van der Waals surface area (Å²) in [5, 5.41) is 10.5. The van der Waals surface area contributed by atoms with Crippen molar-refractivity contribution in [2.45, 2.75) is 0 Å². The van der Waals surface area contributed by atoms with Crippen molar-refractivity contribution in [1.82, 2.24) is 4.98 Å². The van der Waals surface area contributed by atoms with Crippen LogP contribution in [0.25, 0.3) is 22.0 Å². The molecule has 0 bridgehead atoms. The fourth-order valence-corrected chi connectivity index (χ4v) is 2.58. The first kappa shape index (κ1) is 13.4. The van der Waals surface area contributed by atoms with Gasteiger partial charge in [0.15, 0.2) is 0 Å². The summed E-state index contributed by atoms with van der Waals surface area (Å²) in [7, 11) is 1.60. The largest absolute Gasteiger partial charge is 0.497 e. The summed E-state index contributed by atoms with van der Waals surface area (Å²) in [5.41, 5.74) is 2.84. The van der Waals surface area contributed by atoms with E-state index in [1.54, 1.807) is 7.11 Å². The zero-order chi connectivity index (χ0) is 14.8. The molecular formula is C17H11ClN2O.